The molecule has 2 aromatic rings. The maximum absolute atomic E-state index is 12.6. The lowest BCUT2D eigenvalue weighted by molar-refractivity contribution is 0.0693. The number of hydrogen-bond acceptors (Lipinski definition) is 5. The summed E-state index contributed by atoms with van der Waals surface area (Å²) in [5, 5.41) is 9.55. The Morgan fingerprint density at radius 2 is 1.91 bits per heavy atom. The topological polar surface area (TPSA) is 104 Å². The zero-order valence-electron chi connectivity index (χ0n) is 20.1. The Bertz CT molecular complexity index is 1110. The van der Waals surface area contributed by atoms with Crippen molar-refractivity contribution in [1.82, 2.24) is 4.57 Å². The third-order valence-corrected chi connectivity index (χ3v) is 7.26. The molecule has 2 atom stereocenters. The zero-order chi connectivity index (χ0) is 23.8. The molecule has 2 unspecified atom stereocenters. The van der Waals surface area contributed by atoms with Gasteiger partial charge in [0.2, 0.25) is 0 Å². The fourth-order valence-electron chi connectivity index (χ4n) is 5.59. The molecule has 7 nitrogen and oxygen atoms in total. The summed E-state index contributed by atoms with van der Waals surface area (Å²) in [5.41, 5.74) is 7.66. The van der Waals surface area contributed by atoms with Gasteiger partial charge in [-0.1, -0.05) is 26.7 Å². The second-order valence-electron chi connectivity index (χ2n) is 9.87. The van der Waals surface area contributed by atoms with Gasteiger partial charge in [-0.3, -0.25) is 4.79 Å². The Morgan fingerprint density at radius 3 is 2.59 bits per heavy atom. The molecule has 34 heavy (non-hydrogen) atoms. The van der Waals surface area contributed by atoms with E-state index in [0.29, 0.717) is 12.4 Å². The maximum atomic E-state index is 12.6. The van der Waals surface area contributed by atoms with Gasteiger partial charge in [-0.25, -0.2) is 4.79 Å². The smallest absolute Gasteiger partial charge is 0.341 e. The van der Waals surface area contributed by atoms with Gasteiger partial charge in [-0.15, -0.1) is 12.4 Å². The minimum atomic E-state index is -1.19. The van der Waals surface area contributed by atoms with Gasteiger partial charge in [0.1, 0.15) is 5.56 Å². The number of fused-ring (bicyclic) bond motifs is 6. The summed E-state index contributed by atoms with van der Waals surface area (Å²) in [4.78, 5) is 24.3. The lowest BCUT2D eigenvalue weighted by Gasteiger charge is -2.40. The Hall–Kier alpha value is -2.51. The van der Waals surface area contributed by atoms with Crippen molar-refractivity contribution in [3.8, 4) is 22.8 Å². The van der Waals surface area contributed by atoms with Crippen LogP contribution in [0.15, 0.2) is 29.2 Å². The average Bonchev–Trinajstić information content (AvgIpc) is 3.10. The molecular formula is C26H35ClN2O5. The van der Waals surface area contributed by atoms with E-state index in [1.807, 2.05) is 10.6 Å². The van der Waals surface area contributed by atoms with Crippen LogP contribution in [0.1, 0.15) is 80.3 Å². The summed E-state index contributed by atoms with van der Waals surface area (Å²) < 4.78 is 13.8. The average molecular weight is 491 g/mol. The summed E-state index contributed by atoms with van der Waals surface area (Å²) in [7, 11) is 1.61. The standard InChI is InChI=1S/C26H34N2O5.ClH/c1-26(2)9-8-16-17-12-23(33-11-7-5-4-6-10-27)22(32-3)13-18(17)20-14-21(29)19(25(30)31)15-28(20)24(16)26;/h12-16,24H,4-11,27H2,1-3H3,(H,30,31);1H. The van der Waals surface area contributed by atoms with E-state index in [9.17, 15) is 14.7 Å². The molecule has 0 saturated heterocycles. The lowest BCUT2D eigenvalue weighted by Crippen LogP contribution is -2.32. The SMILES string of the molecule is COc1cc2c(cc1OCCCCCCN)C1CCC(C)(C)C1n1cc(C(=O)O)c(=O)cc1-2.Cl. The third kappa shape index (κ3) is 4.68. The molecule has 0 radical (unpaired) electrons. The van der Waals surface area contributed by atoms with E-state index < -0.39 is 11.4 Å². The molecule has 2 heterocycles. The van der Waals surface area contributed by atoms with Crippen LogP contribution in [0.5, 0.6) is 11.5 Å². The fraction of sp³-hybridized carbons (Fsp3) is 0.538. The van der Waals surface area contributed by atoms with Crippen LogP contribution in [0, 0.1) is 5.41 Å². The van der Waals surface area contributed by atoms with E-state index in [4.69, 9.17) is 15.2 Å². The molecule has 1 aliphatic heterocycles. The number of benzene rings is 1. The third-order valence-electron chi connectivity index (χ3n) is 7.26. The molecule has 1 aliphatic carbocycles. The minimum absolute atomic E-state index is 0. The molecule has 3 N–H and O–H groups in total. The first-order valence-electron chi connectivity index (χ1n) is 11.8. The maximum Gasteiger partial charge on any atom is 0.341 e. The zero-order valence-corrected chi connectivity index (χ0v) is 21.0. The molecule has 0 spiro atoms. The quantitative estimate of drug-likeness (QED) is 0.479. The van der Waals surface area contributed by atoms with E-state index >= 15 is 0 Å². The predicted octanol–water partition coefficient (Wildman–Crippen LogP) is 5.00. The Labute approximate surface area is 206 Å². The van der Waals surface area contributed by atoms with Crippen molar-refractivity contribution in [3.05, 3.63) is 45.7 Å². The van der Waals surface area contributed by atoms with Gasteiger partial charge in [-0.05, 0) is 55.3 Å². The van der Waals surface area contributed by atoms with Crippen molar-refractivity contribution in [2.24, 2.45) is 11.1 Å². The fourth-order valence-corrected chi connectivity index (χ4v) is 5.59. The normalized spacial score (nSPS) is 19.4. The molecule has 186 valence electrons. The first-order chi connectivity index (χ1) is 15.8. The molecule has 0 amide bonds. The minimum Gasteiger partial charge on any atom is -0.493 e. The number of unbranched alkanes of at least 4 members (excludes halogenated alkanes) is 3. The highest BCUT2D eigenvalue weighted by molar-refractivity contribution is 5.88. The second-order valence-corrected chi connectivity index (χ2v) is 9.87. The number of methoxy groups -OCH3 is 1. The molecule has 1 aromatic heterocycles. The number of hydrogen-bond donors (Lipinski definition) is 2. The number of carbonyl (C=O) groups is 1. The molecule has 1 saturated carbocycles. The number of carboxylic acids is 1. The van der Waals surface area contributed by atoms with Gasteiger partial charge in [-0.2, -0.15) is 0 Å². The largest absolute Gasteiger partial charge is 0.493 e. The number of halogens is 1. The highest BCUT2D eigenvalue weighted by Crippen LogP contribution is 2.59. The van der Waals surface area contributed by atoms with Gasteiger partial charge in [0, 0.05) is 29.8 Å². The number of nitrogens with zero attached hydrogens (tertiary/aromatic N) is 1. The summed E-state index contributed by atoms with van der Waals surface area (Å²) in [5.74, 6) is 0.356. The van der Waals surface area contributed by atoms with Crippen molar-refractivity contribution in [2.75, 3.05) is 20.3 Å². The van der Waals surface area contributed by atoms with Crippen molar-refractivity contribution < 1.29 is 19.4 Å². The number of aromatic nitrogens is 1. The van der Waals surface area contributed by atoms with E-state index in [2.05, 4.69) is 19.9 Å². The first kappa shape index (κ1) is 26.1. The molecular weight excluding hydrogens is 456 g/mol. The highest BCUT2D eigenvalue weighted by atomic mass is 35.5. The number of ether oxygens (including phenoxy) is 2. The summed E-state index contributed by atoms with van der Waals surface area (Å²) >= 11 is 0. The molecule has 8 heteroatoms. The number of nitrogens with two attached hydrogens (primary N) is 1. The molecule has 1 fully saturated rings. The van der Waals surface area contributed by atoms with E-state index in [-0.39, 0.29) is 35.3 Å². The van der Waals surface area contributed by atoms with Gasteiger partial charge < -0.3 is 24.9 Å². The monoisotopic (exact) mass is 490 g/mol. The molecule has 1 aromatic carbocycles. The van der Waals surface area contributed by atoms with Crippen LogP contribution in [0.2, 0.25) is 0 Å². The van der Waals surface area contributed by atoms with Crippen LogP contribution in [0.3, 0.4) is 0 Å². The molecule has 0 bridgehead atoms. The number of aromatic carboxylic acids is 1. The number of carboxylic acid groups (broad SMARTS) is 1. The molecule has 2 aliphatic rings. The van der Waals surface area contributed by atoms with Crippen LogP contribution in [-0.4, -0.2) is 35.9 Å². The summed E-state index contributed by atoms with van der Waals surface area (Å²) in [6, 6.07) is 5.54. The second kappa shape index (κ2) is 10.4. The van der Waals surface area contributed by atoms with Crippen molar-refractivity contribution >= 4 is 18.4 Å². The van der Waals surface area contributed by atoms with Crippen LogP contribution < -0.4 is 20.6 Å². The molecule has 4 rings (SSSR count). The Morgan fingerprint density at radius 1 is 1.18 bits per heavy atom. The van der Waals surface area contributed by atoms with Crippen molar-refractivity contribution in [2.45, 2.75) is 64.3 Å². The van der Waals surface area contributed by atoms with Crippen LogP contribution in [0.25, 0.3) is 11.3 Å². The summed E-state index contributed by atoms with van der Waals surface area (Å²) in [6.07, 6.45) is 7.70. The van der Waals surface area contributed by atoms with Gasteiger partial charge in [0.15, 0.2) is 16.9 Å². The van der Waals surface area contributed by atoms with Gasteiger partial charge in [0.25, 0.3) is 0 Å². The Kier molecular flexibility index (Phi) is 7.98. The highest BCUT2D eigenvalue weighted by Gasteiger charge is 2.47. The van der Waals surface area contributed by atoms with Crippen LogP contribution in [-0.2, 0) is 0 Å². The van der Waals surface area contributed by atoms with Crippen molar-refractivity contribution in [1.29, 1.82) is 0 Å². The van der Waals surface area contributed by atoms with Crippen LogP contribution >= 0.6 is 12.4 Å². The van der Waals surface area contributed by atoms with E-state index in [1.165, 1.54) is 12.3 Å². The predicted molar refractivity (Wildman–Crippen MR) is 135 cm³/mol. The van der Waals surface area contributed by atoms with Crippen molar-refractivity contribution in [3.63, 3.8) is 0 Å². The van der Waals surface area contributed by atoms with Crippen LogP contribution in [0.4, 0.5) is 0 Å². The summed E-state index contributed by atoms with van der Waals surface area (Å²) in [6.45, 7) is 5.76. The van der Waals surface area contributed by atoms with E-state index in [1.54, 1.807) is 7.11 Å². The Balaban J connectivity index is 0.00000324. The number of rotatable bonds is 9. The lowest BCUT2D eigenvalue weighted by atomic mass is 9.77. The van der Waals surface area contributed by atoms with E-state index in [0.717, 1.165) is 67.6 Å². The first-order valence-corrected chi connectivity index (χ1v) is 11.8. The van der Waals surface area contributed by atoms with Gasteiger partial charge >= 0.3 is 5.97 Å². The number of pyridine rings is 1. The van der Waals surface area contributed by atoms with Gasteiger partial charge in [0.05, 0.1) is 19.4 Å².